The van der Waals surface area contributed by atoms with Crippen LogP contribution in [-0.4, -0.2) is 28.9 Å². The van der Waals surface area contributed by atoms with Gasteiger partial charge in [-0.05, 0) is 0 Å². The summed E-state index contributed by atoms with van der Waals surface area (Å²) in [6.07, 6.45) is 0.0387. The van der Waals surface area contributed by atoms with Gasteiger partial charge >= 0.3 is 35.7 Å². The molecule has 0 saturated carbocycles. The minimum atomic E-state index is -1.83. The van der Waals surface area contributed by atoms with Crippen LogP contribution in [0.5, 0.6) is 0 Å². The zero-order valence-corrected chi connectivity index (χ0v) is 9.06. The van der Waals surface area contributed by atoms with E-state index in [1.54, 1.807) is 6.92 Å². The van der Waals surface area contributed by atoms with Crippen LogP contribution in [0.2, 0.25) is 0 Å². The third kappa shape index (κ3) is 33.5. The van der Waals surface area contributed by atoms with E-state index in [0.717, 1.165) is 12.6 Å². The molecule has 0 aliphatic rings. The van der Waals surface area contributed by atoms with E-state index >= 15 is 0 Å². The van der Waals surface area contributed by atoms with Gasteiger partial charge in [-0.3, -0.25) is 0 Å². The van der Waals surface area contributed by atoms with E-state index in [1.807, 2.05) is 0 Å². The van der Waals surface area contributed by atoms with Gasteiger partial charge in [-0.25, -0.2) is 4.79 Å². The van der Waals surface area contributed by atoms with E-state index < -0.39 is 6.16 Å². The van der Waals surface area contributed by atoms with Crippen LogP contribution in [0.3, 0.4) is 0 Å². The van der Waals surface area contributed by atoms with Crippen LogP contribution in [-0.2, 0) is 9.59 Å². The Balaban J connectivity index is -0.0000000600. The predicted molar refractivity (Wildman–Crippen MR) is 37.7 cm³/mol. The molecule has 0 radical (unpaired) electrons. The Morgan fingerprint density at radius 1 is 1.50 bits per heavy atom. The number of carbonyl (C=O) groups excluding carboxylic acids is 2. The SMILES string of the molecule is CC(C=O)CC=O.O=C(O)O.[H-].[Na+]. The van der Waals surface area contributed by atoms with Crippen molar-refractivity contribution in [2.75, 3.05) is 0 Å². The molecular weight excluding hydrogens is 175 g/mol. The molecule has 5 nitrogen and oxygen atoms in total. The average molecular weight is 186 g/mol. The van der Waals surface area contributed by atoms with Crippen molar-refractivity contribution < 1.29 is 55.6 Å². The third-order valence-electron chi connectivity index (χ3n) is 0.700. The second kappa shape index (κ2) is 13.2. The molecule has 2 N–H and O–H groups in total. The quantitative estimate of drug-likeness (QED) is 0.383. The molecule has 1 atom stereocenters. The molecule has 1 unspecified atom stereocenters. The van der Waals surface area contributed by atoms with E-state index in [-0.39, 0.29) is 36.9 Å². The molecule has 0 rings (SSSR count). The van der Waals surface area contributed by atoms with E-state index in [0.29, 0.717) is 6.42 Å². The van der Waals surface area contributed by atoms with Gasteiger partial charge in [-0.1, -0.05) is 6.92 Å². The first-order chi connectivity index (χ1) is 5.04. The number of rotatable bonds is 3. The molecule has 0 fully saturated rings. The van der Waals surface area contributed by atoms with Gasteiger partial charge in [0.1, 0.15) is 12.6 Å². The Kier molecular flexibility index (Phi) is 19.4. The fraction of sp³-hybridized carbons (Fsp3) is 0.500. The number of hydrogen-bond acceptors (Lipinski definition) is 3. The monoisotopic (exact) mass is 186 g/mol. The summed E-state index contributed by atoms with van der Waals surface area (Å²) in [6.45, 7) is 1.71. The third-order valence-corrected chi connectivity index (χ3v) is 0.700. The van der Waals surface area contributed by atoms with Crippen LogP contribution in [0, 0.1) is 5.92 Å². The maximum absolute atomic E-state index is 9.74. The molecule has 0 aliphatic carbocycles. The van der Waals surface area contributed by atoms with Gasteiger partial charge in [0.25, 0.3) is 0 Å². The summed E-state index contributed by atoms with van der Waals surface area (Å²) in [5.41, 5.74) is 0. The molecule has 0 aromatic carbocycles. The Morgan fingerprint density at radius 2 is 1.83 bits per heavy atom. The van der Waals surface area contributed by atoms with Crippen LogP contribution in [0.4, 0.5) is 4.79 Å². The summed E-state index contributed by atoms with van der Waals surface area (Å²) in [5, 5.41) is 13.9. The van der Waals surface area contributed by atoms with Gasteiger partial charge in [0.05, 0.1) is 0 Å². The summed E-state index contributed by atoms with van der Waals surface area (Å²) < 4.78 is 0. The van der Waals surface area contributed by atoms with E-state index in [2.05, 4.69) is 0 Å². The summed E-state index contributed by atoms with van der Waals surface area (Å²) in [6, 6.07) is 0. The predicted octanol–water partition coefficient (Wildman–Crippen LogP) is -2.25. The molecule has 0 aromatic rings. The molecule has 0 spiro atoms. The fourth-order valence-corrected chi connectivity index (χ4v) is 0.207. The maximum Gasteiger partial charge on any atom is 1.00 e. The second-order valence-electron chi connectivity index (χ2n) is 1.80. The first-order valence-electron chi connectivity index (χ1n) is 2.85. The van der Waals surface area contributed by atoms with Crippen molar-refractivity contribution in [1.29, 1.82) is 0 Å². The molecule has 0 aromatic heterocycles. The summed E-state index contributed by atoms with van der Waals surface area (Å²) >= 11 is 0. The zero-order chi connectivity index (χ0) is 9.28. The molecule has 0 bridgehead atoms. The van der Waals surface area contributed by atoms with Crippen molar-refractivity contribution in [2.45, 2.75) is 13.3 Å². The van der Waals surface area contributed by atoms with Gasteiger partial charge < -0.3 is 21.2 Å². The second-order valence-corrected chi connectivity index (χ2v) is 1.80. The van der Waals surface area contributed by atoms with Crippen LogP contribution in [0.15, 0.2) is 0 Å². The molecule has 0 heterocycles. The van der Waals surface area contributed by atoms with Crippen molar-refractivity contribution in [3.8, 4) is 0 Å². The van der Waals surface area contributed by atoms with Crippen molar-refractivity contribution in [1.82, 2.24) is 0 Å². The van der Waals surface area contributed by atoms with E-state index in [1.165, 1.54) is 0 Å². The Bertz CT molecular complexity index is 137. The Morgan fingerprint density at radius 3 is 1.92 bits per heavy atom. The largest absolute Gasteiger partial charge is 1.00 e. The van der Waals surface area contributed by atoms with Crippen molar-refractivity contribution in [3.05, 3.63) is 0 Å². The number of carboxylic acid groups (broad SMARTS) is 2. The molecule has 66 valence electrons. The molecule has 0 saturated heterocycles. The smallest absolute Gasteiger partial charge is 1.00 e. The molecule has 0 amide bonds. The molecular formula is C6H11NaO5. The van der Waals surface area contributed by atoms with Crippen molar-refractivity contribution in [3.63, 3.8) is 0 Å². The summed E-state index contributed by atoms with van der Waals surface area (Å²) in [5.74, 6) is -0.0995. The minimum Gasteiger partial charge on any atom is -1.00 e. The van der Waals surface area contributed by atoms with Crippen molar-refractivity contribution in [2.24, 2.45) is 5.92 Å². The Labute approximate surface area is 93.5 Å². The van der Waals surface area contributed by atoms with Crippen LogP contribution in [0.1, 0.15) is 14.8 Å². The minimum absolute atomic E-state index is 0. The van der Waals surface area contributed by atoms with Gasteiger partial charge in [0.15, 0.2) is 0 Å². The van der Waals surface area contributed by atoms with Crippen molar-refractivity contribution >= 4 is 18.7 Å². The maximum atomic E-state index is 9.74. The number of aldehydes is 2. The van der Waals surface area contributed by atoms with E-state index in [9.17, 15) is 9.59 Å². The number of carbonyl (C=O) groups is 3. The Hall–Kier alpha value is -0.390. The summed E-state index contributed by atoms with van der Waals surface area (Å²) in [7, 11) is 0. The normalized spacial score (nSPS) is 9.42. The average Bonchev–Trinajstić information content (AvgIpc) is 1.87. The standard InChI is InChI=1S/C5H8O2.CH2O3.Na.H/c1-5(4-7)2-3-6;2-1(3)4;;/h3-5H,2H2,1H3;(H2,2,3,4);;/q;;+1;-1. The van der Waals surface area contributed by atoms with Gasteiger partial charge in [-0.2, -0.15) is 0 Å². The van der Waals surface area contributed by atoms with E-state index in [4.69, 9.17) is 15.0 Å². The zero-order valence-electron chi connectivity index (χ0n) is 8.06. The summed E-state index contributed by atoms with van der Waals surface area (Å²) in [4.78, 5) is 27.9. The van der Waals surface area contributed by atoms with Gasteiger partial charge in [-0.15, -0.1) is 0 Å². The van der Waals surface area contributed by atoms with Gasteiger partial charge in [0.2, 0.25) is 0 Å². The fourth-order valence-electron chi connectivity index (χ4n) is 0.207. The van der Waals surface area contributed by atoms with Crippen LogP contribution < -0.4 is 29.6 Å². The molecule has 12 heavy (non-hydrogen) atoms. The first-order valence-corrected chi connectivity index (χ1v) is 2.85. The molecule has 0 aliphatic heterocycles. The molecule has 6 heteroatoms. The topological polar surface area (TPSA) is 91.7 Å². The van der Waals surface area contributed by atoms with Gasteiger partial charge in [0, 0.05) is 12.3 Å². The number of hydrogen-bond donors (Lipinski definition) is 2. The van der Waals surface area contributed by atoms with Crippen LogP contribution in [0.25, 0.3) is 0 Å². The first kappa shape index (κ1) is 17.6. The van der Waals surface area contributed by atoms with Crippen LogP contribution >= 0.6 is 0 Å².